The van der Waals surface area contributed by atoms with E-state index in [9.17, 15) is 4.79 Å². The Bertz CT molecular complexity index is 1190. The Kier molecular flexibility index (Phi) is 6.20. The van der Waals surface area contributed by atoms with Crippen molar-refractivity contribution < 1.29 is 9.53 Å². The van der Waals surface area contributed by atoms with Gasteiger partial charge in [0, 0.05) is 45.1 Å². The molecular formula is C27H31N5O2. The highest BCUT2D eigenvalue weighted by Gasteiger charge is 2.33. The van der Waals surface area contributed by atoms with Gasteiger partial charge in [-0.3, -0.25) is 4.79 Å². The first kappa shape index (κ1) is 22.3. The Morgan fingerprint density at radius 3 is 2.59 bits per heavy atom. The molecule has 7 nitrogen and oxygen atoms in total. The fourth-order valence-corrected chi connectivity index (χ4v) is 4.91. The number of pyridine rings is 2. The largest absolute Gasteiger partial charge is 0.381 e. The highest BCUT2D eigenvalue weighted by atomic mass is 16.5. The molecule has 176 valence electrons. The van der Waals surface area contributed by atoms with E-state index in [0.29, 0.717) is 6.54 Å². The standard InChI is InChI=1S/C27H31N5O2/c1-31(2)25-16-20(12-14-28-25)19-8-11-23-24(15-19)32(17-21-5-4-13-29-26(21)30-23)27(33)18-6-9-22(34-3)10-7-18/h4-5,8,11-16,18,22H,6-7,9-10,17H2,1-3H3,(H,29,30)/t18-,22-. The van der Waals surface area contributed by atoms with Crippen molar-refractivity contribution >= 4 is 28.9 Å². The fraction of sp³-hybridized carbons (Fsp3) is 0.370. The molecule has 34 heavy (non-hydrogen) atoms. The van der Waals surface area contributed by atoms with Crippen LogP contribution in [0.15, 0.2) is 54.9 Å². The average Bonchev–Trinajstić information content (AvgIpc) is 3.04. The third-order valence-electron chi connectivity index (χ3n) is 6.92. The molecule has 1 N–H and O–H groups in total. The van der Waals surface area contributed by atoms with Gasteiger partial charge in [-0.2, -0.15) is 0 Å². The van der Waals surface area contributed by atoms with E-state index in [0.717, 1.165) is 65.4 Å². The minimum atomic E-state index is 0.00222. The number of carbonyl (C=O) groups is 1. The summed E-state index contributed by atoms with van der Waals surface area (Å²) in [6, 6.07) is 14.3. The lowest BCUT2D eigenvalue weighted by atomic mass is 9.86. The molecule has 0 atom stereocenters. The van der Waals surface area contributed by atoms with Gasteiger partial charge in [0.1, 0.15) is 11.6 Å². The molecule has 0 spiro atoms. The van der Waals surface area contributed by atoms with Gasteiger partial charge in [-0.15, -0.1) is 0 Å². The second-order valence-corrected chi connectivity index (χ2v) is 9.30. The van der Waals surface area contributed by atoms with Crippen LogP contribution in [0.2, 0.25) is 0 Å². The second kappa shape index (κ2) is 9.43. The molecule has 1 aromatic carbocycles. The molecule has 0 radical (unpaired) electrons. The number of amides is 1. The van der Waals surface area contributed by atoms with E-state index >= 15 is 0 Å². The van der Waals surface area contributed by atoms with Crippen LogP contribution in [-0.2, 0) is 16.1 Å². The van der Waals surface area contributed by atoms with E-state index in [4.69, 9.17) is 4.74 Å². The van der Waals surface area contributed by atoms with Crippen LogP contribution in [-0.4, -0.2) is 43.2 Å². The summed E-state index contributed by atoms with van der Waals surface area (Å²) in [4.78, 5) is 26.8. The maximum atomic E-state index is 13.9. The number of aromatic nitrogens is 2. The van der Waals surface area contributed by atoms with Gasteiger partial charge in [0.05, 0.1) is 24.0 Å². The zero-order valence-corrected chi connectivity index (χ0v) is 20.0. The van der Waals surface area contributed by atoms with Crippen molar-refractivity contribution in [2.45, 2.75) is 38.3 Å². The first-order valence-corrected chi connectivity index (χ1v) is 11.9. The second-order valence-electron chi connectivity index (χ2n) is 9.30. The molecule has 1 fully saturated rings. The summed E-state index contributed by atoms with van der Waals surface area (Å²) in [6.07, 6.45) is 7.42. The summed E-state index contributed by atoms with van der Waals surface area (Å²) in [5, 5.41) is 3.47. The molecule has 0 bridgehead atoms. The lowest BCUT2D eigenvalue weighted by Gasteiger charge is -2.32. The van der Waals surface area contributed by atoms with Gasteiger partial charge in [0.15, 0.2) is 0 Å². The van der Waals surface area contributed by atoms with Crippen molar-refractivity contribution in [3.05, 3.63) is 60.4 Å². The molecule has 5 rings (SSSR count). The Morgan fingerprint density at radius 1 is 1.03 bits per heavy atom. The van der Waals surface area contributed by atoms with E-state index in [1.54, 1.807) is 13.3 Å². The van der Waals surface area contributed by atoms with Crippen LogP contribution in [0.3, 0.4) is 0 Å². The number of rotatable bonds is 4. The Morgan fingerprint density at radius 2 is 1.82 bits per heavy atom. The molecule has 1 saturated carbocycles. The Hall–Kier alpha value is -3.45. The number of anilines is 4. The highest BCUT2D eigenvalue weighted by molar-refractivity contribution is 6.00. The number of fused-ring (bicyclic) bond motifs is 2. The smallest absolute Gasteiger partial charge is 0.230 e. The topological polar surface area (TPSA) is 70.6 Å². The first-order chi connectivity index (χ1) is 16.5. The Labute approximate surface area is 200 Å². The van der Waals surface area contributed by atoms with Crippen molar-refractivity contribution in [1.82, 2.24) is 9.97 Å². The number of ether oxygens (including phenoxy) is 1. The van der Waals surface area contributed by atoms with Crippen LogP contribution < -0.4 is 15.1 Å². The van der Waals surface area contributed by atoms with Gasteiger partial charge in [0.25, 0.3) is 0 Å². The van der Waals surface area contributed by atoms with Gasteiger partial charge >= 0.3 is 0 Å². The number of carbonyl (C=O) groups excluding carboxylic acids is 1. The zero-order valence-electron chi connectivity index (χ0n) is 20.0. The lowest BCUT2D eigenvalue weighted by Crippen LogP contribution is -2.38. The molecule has 2 aromatic heterocycles. The molecule has 2 aliphatic rings. The summed E-state index contributed by atoms with van der Waals surface area (Å²) in [5.41, 5.74) is 4.90. The Balaban J connectivity index is 1.54. The molecule has 7 heteroatoms. The summed E-state index contributed by atoms with van der Waals surface area (Å²) >= 11 is 0. The number of hydrogen-bond donors (Lipinski definition) is 1. The van der Waals surface area contributed by atoms with Crippen molar-refractivity contribution in [3.63, 3.8) is 0 Å². The highest BCUT2D eigenvalue weighted by Crippen LogP contribution is 2.40. The van der Waals surface area contributed by atoms with Crippen LogP contribution in [0.1, 0.15) is 31.2 Å². The van der Waals surface area contributed by atoms with Crippen LogP contribution in [0.25, 0.3) is 11.1 Å². The van der Waals surface area contributed by atoms with Crippen LogP contribution in [0.4, 0.5) is 23.0 Å². The van der Waals surface area contributed by atoms with Crippen LogP contribution in [0.5, 0.6) is 0 Å². The van der Waals surface area contributed by atoms with E-state index < -0.39 is 0 Å². The number of benzene rings is 1. The molecule has 1 aliphatic heterocycles. The minimum Gasteiger partial charge on any atom is -0.381 e. The maximum Gasteiger partial charge on any atom is 0.230 e. The van der Waals surface area contributed by atoms with Crippen LogP contribution in [0, 0.1) is 5.92 Å². The van der Waals surface area contributed by atoms with Gasteiger partial charge in [-0.1, -0.05) is 12.1 Å². The molecule has 3 heterocycles. The minimum absolute atomic E-state index is 0.00222. The van der Waals surface area contributed by atoms with Gasteiger partial charge in [0.2, 0.25) is 5.91 Å². The normalized spacial score (nSPS) is 19.4. The predicted octanol–water partition coefficient (Wildman–Crippen LogP) is 5.01. The van der Waals surface area contributed by atoms with Crippen LogP contribution >= 0.6 is 0 Å². The molecule has 0 saturated heterocycles. The first-order valence-electron chi connectivity index (χ1n) is 11.9. The number of hydrogen-bond acceptors (Lipinski definition) is 6. The molecule has 3 aromatic rings. The third kappa shape index (κ3) is 4.35. The number of nitrogens with one attached hydrogen (secondary N) is 1. The molecule has 0 unspecified atom stereocenters. The number of nitrogens with zero attached hydrogens (tertiary/aromatic N) is 4. The van der Waals surface area contributed by atoms with E-state index in [1.807, 2.05) is 54.4 Å². The van der Waals surface area contributed by atoms with Crippen molar-refractivity contribution in [1.29, 1.82) is 0 Å². The lowest BCUT2D eigenvalue weighted by molar-refractivity contribution is -0.124. The van der Waals surface area contributed by atoms with Crippen molar-refractivity contribution in [2.75, 3.05) is 36.3 Å². The summed E-state index contributed by atoms with van der Waals surface area (Å²) < 4.78 is 5.53. The molecular weight excluding hydrogens is 426 g/mol. The number of methoxy groups -OCH3 is 1. The van der Waals surface area contributed by atoms with Crippen molar-refractivity contribution in [3.8, 4) is 11.1 Å². The quantitative estimate of drug-likeness (QED) is 0.594. The van der Waals surface area contributed by atoms with Gasteiger partial charge < -0.3 is 19.9 Å². The summed E-state index contributed by atoms with van der Waals surface area (Å²) in [6.45, 7) is 0.495. The summed E-state index contributed by atoms with van der Waals surface area (Å²) in [7, 11) is 5.72. The zero-order chi connectivity index (χ0) is 23.7. The molecule has 1 aliphatic carbocycles. The average molecular weight is 458 g/mol. The summed E-state index contributed by atoms with van der Waals surface area (Å²) in [5.74, 6) is 1.87. The van der Waals surface area contributed by atoms with Gasteiger partial charge in [-0.05, 0) is 67.1 Å². The van der Waals surface area contributed by atoms with E-state index in [1.165, 1.54) is 0 Å². The monoisotopic (exact) mass is 457 g/mol. The van der Waals surface area contributed by atoms with Gasteiger partial charge in [-0.25, -0.2) is 9.97 Å². The fourth-order valence-electron chi connectivity index (χ4n) is 4.91. The SMILES string of the molecule is CO[C@H]1CC[C@H](C(=O)N2Cc3cccnc3Nc3ccc(-c4ccnc(N(C)C)c4)cc32)CC1. The van der Waals surface area contributed by atoms with E-state index in [-0.39, 0.29) is 17.9 Å². The molecule has 1 amide bonds. The van der Waals surface area contributed by atoms with E-state index in [2.05, 4.69) is 33.5 Å². The maximum absolute atomic E-state index is 13.9. The predicted molar refractivity (Wildman–Crippen MR) is 135 cm³/mol. The van der Waals surface area contributed by atoms with Crippen molar-refractivity contribution in [2.24, 2.45) is 5.92 Å². The third-order valence-corrected chi connectivity index (χ3v) is 6.92.